The van der Waals surface area contributed by atoms with Crippen LogP contribution in [0.2, 0.25) is 0 Å². The van der Waals surface area contributed by atoms with Crippen LogP contribution in [0.5, 0.6) is 5.75 Å². The van der Waals surface area contributed by atoms with Crippen molar-refractivity contribution in [1.29, 1.82) is 0 Å². The second kappa shape index (κ2) is 11.6. The largest absolute Gasteiger partial charge is 0.494 e. The summed E-state index contributed by atoms with van der Waals surface area (Å²) in [6.07, 6.45) is 3.00. The zero-order valence-corrected chi connectivity index (χ0v) is 17.4. The Morgan fingerprint density at radius 3 is 2.66 bits per heavy atom. The average Bonchev–Trinajstić information content (AvgIpc) is 2.76. The molecule has 0 aromatic heterocycles. The molecule has 5 nitrogen and oxygen atoms in total. The SMILES string of the molecule is CCCCOc1ccc(CCNC(=O)c2cccc(CN3CCOCC3)c2)cc1. The predicted octanol–water partition coefficient (Wildman–Crippen LogP) is 3.67. The van der Waals surface area contributed by atoms with Crippen LogP contribution in [-0.4, -0.2) is 50.3 Å². The summed E-state index contributed by atoms with van der Waals surface area (Å²) in [7, 11) is 0. The quantitative estimate of drug-likeness (QED) is 0.623. The summed E-state index contributed by atoms with van der Waals surface area (Å²) < 4.78 is 11.1. The van der Waals surface area contributed by atoms with Gasteiger partial charge < -0.3 is 14.8 Å². The fourth-order valence-electron chi connectivity index (χ4n) is 3.34. The van der Waals surface area contributed by atoms with Crippen molar-refractivity contribution in [3.8, 4) is 5.75 Å². The van der Waals surface area contributed by atoms with Crippen molar-refractivity contribution in [2.24, 2.45) is 0 Å². The number of morpholine rings is 1. The molecule has 1 N–H and O–H groups in total. The van der Waals surface area contributed by atoms with Crippen LogP contribution in [0.1, 0.15) is 41.3 Å². The third kappa shape index (κ3) is 7.18. The van der Waals surface area contributed by atoms with Gasteiger partial charge in [0.2, 0.25) is 0 Å². The van der Waals surface area contributed by atoms with Gasteiger partial charge in [0.1, 0.15) is 5.75 Å². The minimum absolute atomic E-state index is 0.0200. The number of unbranched alkanes of at least 4 members (excludes halogenated alkanes) is 1. The number of benzene rings is 2. The minimum atomic E-state index is -0.0200. The zero-order chi connectivity index (χ0) is 20.3. The highest BCUT2D eigenvalue weighted by Gasteiger charge is 2.12. The van der Waals surface area contributed by atoms with Crippen LogP contribution in [0.3, 0.4) is 0 Å². The van der Waals surface area contributed by atoms with Gasteiger partial charge in [-0.3, -0.25) is 9.69 Å². The number of nitrogens with one attached hydrogen (secondary N) is 1. The van der Waals surface area contributed by atoms with Crippen LogP contribution < -0.4 is 10.1 Å². The molecule has 0 aliphatic carbocycles. The lowest BCUT2D eigenvalue weighted by molar-refractivity contribution is 0.0342. The van der Waals surface area contributed by atoms with Gasteiger partial charge in [0, 0.05) is 31.7 Å². The van der Waals surface area contributed by atoms with Crippen LogP contribution >= 0.6 is 0 Å². The molecule has 0 spiro atoms. The Bertz CT molecular complexity index is 755. The Balaban J connectivity index is 1.43. The highest BCUT2D eigenvalue weighted by Crippen LogP contribution is 2.13. The first-order valence-electron chi connectivity index (χ1n) is 10.6. The van der Waals surface area contributed by atoms with Gasteiger partial charge in [0.05, 0.1) is 19.8 Å². The van der Waals surface area contributed by atoms with Crippen LogP contribution in [0.4, 0.5) is 0 Å². The molecule has 5 heteroatoms. The molecule has 1 saturated heterocycles. The number of amides is 1. The fourth-order valence-corrected chi connectivity index (χ4v) is 3.34. The van der Waals surface area contributed by atoms with Crippen molar-refractivity contribution >= 4 is 5.91 Å². The van der Waals surface area contributed by atoms with Crippen molar-refractivity contribution in [2.45, 2.75) is 32.7 Å². The molecule has 0 bridgehead atoms. The van der Waals surface area contributed by atoms with E-state index in [0.29, 0.717) is 6.54 Å². The molecule has 1 heterocycles. The molecule has 0 radical (unpaired) electrons. The fraction of sp³-hybridized carbons (Fsp3) is 0.458. The normalized spacial score (nSPS) is 14.5. The van der Waals surface area contributed by atoms with Gasteiger partial charge >= 0.3 is 0 Å². The van der Waals surface area contributed by atoms with Crippen molar-refractivity contribution < 1.29 is 14.3 Å². The van der Waals surface area contributed by atoms with E-state index in [2.05, 4.69) is 35.3 Å². The van der Waals surface area contributed by atoms with Gasteiger partial charge in [-0.2, -0.15) is 0 Å². The second-order valence-corrected chi connectivity index (χ2v) is 7.44. The van der Waals surface area contributed by atoms with Gasteiger partial charge in [-0.05, 0) is 48.2 Å². The summed E-state index contributed by atoms with van der Waals surface area (Å²) in [5.74, 6) is 0.886. The molecule has 29 heavy (non-hydrogen) atoms. The summed E-state index contributed by atoms with van der Waals surface area (Å²) >= 11 is 0. The molecular weight excluding hydrogens is 364 g/mol. The maximum absolute atomic E-state index is 12.5. The Morgan fingerprint density at radius 2 is 1.90 bits per heavy atom. The van der Waals surface area contributed by atoms with Crippen LogP contribution in [-0.2, 0) is 17.7 Å². The van der Waals surface area contributed by atoms with E-state index in [0.717, 1.165) is 70.0 Å². The molecule has 0 saturated carbocycles. The molecule has 2 aromatic carbocycles. The third-order valence-electron chi connectivity index (χ3n) is 5.09. The van der Waals surface area contributed by atoms with Gasteiger partial charge in [-0.15, -0.1) is 0 Å². The number of hydrogen-bond acceptors (Lipinski definition) is 4. The molecule has 156 valence electrons. The first kappa shape index (κ1) is 21.3. The Kier molecular flexibility index (Phi) is 8.53. The molecule has 1 aliphatic rings. The number of nitrogens with zero attached hydrogens (tertiary/aromatic N) is 1. The van der Waals surface area contributed by atoms with E-state index in [1.807, 2.05) is 30.3 Å². The summed E-state index contributed by atoms with van der Waals surface area (Å²) in [6, 6.07) is 16.0. The first-order valence-corrected chi connectivity index (χ1v) is 10.6. The molecule has 1 aliphatic heterocycles. The molecule has 0 unspecified atom stereocenters. The lowest BCUT2D eigenvalue weighted by Crippen LogP contribution is -2.35. The lowest BCUT2D eigenvalue weighted by Gasteiger charge is -2.26. The minimum Gasteiger partial charge on any atom is -0.494 e. The average molecular weight is 397 g/mol. The number of rotatable bonds is 10. The molecule has 1 fully saturated rings. The van der Waals surface area contributed by atoms with Crippen molar-refractivity contribution in [3.63, 3.8) is 0 Å². The van der Waals surface area contributed by atoms with Crippen LogP contribution in [0.15, 0.2) is 48.5 Å². The number of hydrogen-bond donors (Lipinski definition) is 1. The standard InChI is InChI=1S/C24H32N2O3/c1-2-3-15-29-23-9-7-20(8-10-23)11-12-25-24(27)22-6-4-5-21(18-22)19-26-13-16-28-17-14-26/h4-10,18H,2-3,11-17,19H2,1H3,(H,25,27). The molecule has 1 amide bonds. The Labute approximate surface area is 174 Å². The monoisotopic (exact) mass is 396 g/mol. The number of carbonyl (C=O) groups is 1. The van der Waals surface area contributed by atoms with Gasteiger partial charge in [-0.25, -0.2) is 0 Å². The van der Waals surface area contributed by atoms with Gasteiger partial charge in [0.25, 0.3) is 5.91 Å². The summed E-state index contributed by atoms with van der Waals surface area (Å²) in [4.78, 5) is 14.9. The molecular formula is C24H32N2O3. The molecule has 0 atom stereocenters. The van der Waals surface area contributed by atoms with E-state index in [9.17, 15) is 4.79 Å². The maximum Gasteiger partial charge on any atom is 0.251 e. The van der Waals surface area contributed by atoms with Crippen molar-refractivity contribution in [2.75, 3.05) is 39.5 Å². The topological polar surface area (TPSA) is 50.8 Å². The first-order chi connectivity index (χ1) is 14.2. The summed E-state index contributed by atoms with van der Waals surface area (Å²) in [5.41, 5.74) is 3.07. The van der Waals surface area contributed by atoms with Gasteiger partial charge in [0.15, 0.2) is 0 Å². The van der Waals surface area contributed by atoms with Crippen LogP contribution in [0, 0.1) is 0 Å². The Morgan fingerprint density at radius 1 is 1.10 bits per heavy atom. The van der Waals surface area contributed by atoms with E-state index in [4.69, 9.17) is 9.47 Å². The molecule has 2 aromatic rings. The third-order valence-corrected chi connectivity index (χ3v) is 5.09. The highest BCUT2D eigenvalue weighted by molar-refractivity contribution is 5.94. The van der Waals surface area contributed by atoms with E-state index in [1.165, 1.54) is 11.1 Å². The highest BCUT2D eigenvalue weighted by atomic mass is 16.5. The second-order valence-electron chi connectivity index (χ2n) is 7.44. The van der Waals surface area contributed by atoms with E-state index < -0.39 is 0 Å². The van der Waals surface area contributed by atoms with E-state index in [1.54, 1.807) is 0 Å². The molecule has 3 rings (SSSR count). The van der Waals surface area contributed by atoms with E-state index >= 15 is 0 Å². The number of ether oxygens (including phenoxy) is 2. The summed E-state index contributed by atoms with van der Waals surface area (Å²) in [6.45, 7) is 7.84. The summed E-state index contributed by atoms with van der Waals surface area (Å²) in [5, 5.41) is 3.03. The predicted molar refractivity (Wildman–Crippen MR) is 115 cm³/mol. The lowest BCUT2D eigenvalue weighted by atomic mass is 10.1. The van der Waals surface area contributed by atoms with Crippen molar-refractivity contribution in [3.05, 3.63) is 65.2 Å². The smallest absolute Gasteiger partial charge is 0.251 e. The van der Waals surface area contributed by atoms with Crippen molar-refractivity contribution in [1.82, 2.24) is 10.2 Å². The zero-order valence-electron chi connectivity index (χ0n) is 17.4. The van der Waals surface area contributed by atoms with Gasteiger partial charge in [-0.1, -0.05) is 37.6 Å². The van der Waals surface area contributed by atoms with Crippen LogP contribution in [0.25, 0.3) is 0 Å². The Hall–Kier alpha value is -2.37. The maximum atomic E-state index is 12.5. The van der Waals surface area contributed by atoms with E-state index in [-0.39, 0.29) is 5.91 Å². The number of carbonyl (C=O) groups excluding carboxylic acids is 1.